The van der Waals surface area contributed by atoms with Crippen LogP contribution in [-0.4, -0.2) is 80.2 Å². The summed E-state index contributed by atoms with van der Waals surface area (Å²) < 4.78 is 10.8. The summed E-state index contributed by atoms with van der Waals surface area (Å²) in [6.07, 6.45) is 0. The molecule has 2 heterocycles. The first-order valence-electron chi connectivity index (χ1n) is 11.2. The molecule has 4 rings (SSSR count). The molecule has 1 atom stereocenters. The number of methoxy groups -OCH3 is 1. The van der Waals surface area contributed by atoms with Crippen LogP contribution in [0.15, 0.2) is 48.5 Å². The SMILES string of the molecule is COc1cccc(C(C)N2CCN(C(=O)c3cccc(CN4CCOCC4)c3)CC2)c1. The van der Waals surface area contributed by atoms with Gasteiger partial charge >= 0.3 is 0 Å². The van der Waals surface area contributed by atoms with Crippen LogP contribution in [0, 0.1) is 0 Å². The first-order chi connectivity index (χ1) is 15.1. The molecule has 166 valence electrons. The van der Waals surface area contributed by atoms with E-state index in [1.807, 2.05) is 29.2 Å². The predicted molar refractivity (Wildman–Crippen MR) is 121 cm³/mol. The monoisotopic (exact) mass is 423 g/mol. The first-order valence-corrected chi connectivity index (χ1v) is 11.2. The molecule has 0 N–H and O–H groups in total. The molecule has 2 fully saturated rings. The van der Waals surface area contributed by atoms with Gasteiger partial charge in [-0.05, 0) is 42.3 Å². The van der Waals surface area contributed by atoms with Crippen molar-refractivity contribution in [3.8, 4) is 5.75 Å². The van der Waals surface area contributed by atoms with Crippen molar-refractivity contribution >= 4 is 5.91 Å². The van der Waals surface area contributed by atoms with Gasteiger partial charge in [-0.2, -0.15) is 0 Å². The number of amides is 1. The van der Waals surface area contributed by atoms with Gasteiger partial charge in [0.1, 0.15) is 5.75 Å². The van der Waals surface area contributed by atoms with E-state index in [1.165, 1.54) is 11.1 Å². The zero-order valence-corrected chi connectivity index (χ0v) is 18.6. The average Bonchev–Trinajstić information content (AvgIpc) is 2.84. The molecule has 2 saturated heterocycles. The molecule has 0 spiro atoms. The predicted octanol–water partition coefficient (Wildman–Crippen LogP) is 3.05. The second-order valence-corrected chi connectivity index (χ2v) is 8.37. The van der Waals surface area contributed by atoms with Crippen LogP contribution < -0.4 is 4.74 Å². The summed E-state index contributed by atoms with van der Waals surface area (Å²) in [4.78, 5) is 19.9. The Morgan fingerprint density at radius 2 is 1.74 bits per heavy atom. The van der Waals surface area contributed by atoms with Crippen LogP contribution in [-0.2, 0) is 11.3 Å². The van der Waals surface area contributed by atoms with Gasteiger partial charge in [-0.25, -0.2) is 0 Å². The third-order valence-corrected chi connectivity index (χ3v) is 6.41. The molecule has 2 aliphatic heterocycles. The van der Waals surface area contributed by atoms with Crippen molar-refractivity contribution in [2.75, 3.05) is 59.6 Å². The van der Waals surface area contributed by atoms with Crippen molar-refractivity contribution in [3.05, 3.63) is 65.2 Å². The molecule has 31 heavy (non-hydrogen) atoms. The molecule has 1 unspecified atom stereocenters. The Kier molecular flexibility index (Phi) is 7.22. The van der Waals surface area contributed by atoms with Crippen LogP contribution >= 0.6 is 0 Å². The van der Waals surface area contributed by atoms with Crippen LogP contribution in [0.3, 0.4) is 0 Å². The minimum Gasteiger partial charge on any atom is -0.497 e. The van der Waals surface area contributed by atoms with E-state index < -0.39 is 0 Å². The standard InChI is InChI=1S/C25H33N3O3/c1-20(22-6-4-8-24(18-22)30-2)27-9-11-28(12-10-27)25(29)23-7-3-5-21(17-23)19-26-13-15-31-16-14-26/h3-8,17-18,20H,9-16,19H2,1-2H3. The van der Waals surface area contributed by atoms with Crippen LogP contribution in [0.5, 0.6) is 5.75 Å². The molecule has 0 bridgehead atoms. The minimum absolute atomic E-state index is 0.137. The maximum Gasteiger partial charge on any atom is 0.253 e. The van der Waals surface area contributed by atoms with Gasteiger partial charge in [0.05, 0.1) is 20.3 Å². The summed E-state index contributed by atoms with van der Waals surface area (Å²) in [6, 6.07) is 16.7. The van der Waals surface area contributed by atoms with Crippen molar-refractivity contribution in [3.63, 3.8) is 0 Å². The average molecular weight is 424 g/mol. The number of nitrogens with zero attached hydrogens (tertiary/aromatic N) is 3. The Hall–Kier alpha value is -2.41. The van der Waals surface area contributed by atoms with E-state index in [0.717, 1.165) is 70.3 Å². The fourth-order valence-corrected chi connectivity index (χ4v) is 4.43. The summed E-state index contributed by atoms with van der Waals surface area (Å²) in [5.74, 6) is 1.02. The number of carbonyl (C=O) groups excluding carboxylic acids is 1. The van der Waals surface area contributed by atoms with Crippen molar-refractivity contribution in [1.82, 2.24) is 14.7 Å². The Balaban J connectivity index is 1.34. The lowest BCUT2D eigenvalue weighted by atomic mass is 10.1. The van der Waals surface area contributed by atoms with Crippen LogP contribution in [0.2, 0.25) is 0 Å². The van der Waals surface area contributed by atoms with E-state index >= 15 is 0 Å². The molecule has 0 aromatic heterocycles. The molecular weight excluding hydrogens is 390 g/mol. The summed E-state index contributed by atoms with van der Waals surface area (Å²) >= 11 is 0. The Morgan fingerprint density at radius 1 is 1.00 bits per heavy atom. The fraction of sp³-hybridized carbons (Fsp3) is 0.480. The van der Waals surface area contributed by atoms with Crippen LogP contribution in [0.25, 0.3) is 0 Å². The smallest absolute Gasteiger partial charge is 0.253 e. The Labute approximate surface area is 185 Å². The van der Waals surface area contributed by atoms with Crippen LogP contribution in [0.1, 0.15) is 34.5 Å². The largest absolute Gasteiger partial charge is 0.497 e. The normalized spacial score (nSPS) is 19.2. The highest BCUT2D eigenvalue weighted by atomic mass is 16.5. The molecule has 6 heteroatoms. The maximum atomic E-state index is 13.1. The second-order valence-electron chi connectivity index (χ2n) is 8.37. The number of ether oxygens (including phenoxy) is 2. The van der Waals surface area contributed by atoms with E-state index in [9.17, 15) is 4.79 Å². The van der Waals surface area contributed by atoms with E-state index in [4.69, 9.17) is 9.47 Å². The van der Waals surface area contributed by atoms with Gasteiger partial charge in [-0.15, -0.1) is 0 Å². The maximum absolute atomic E-state index is 13.1. The number of benzene rings is 2. The highest BCUT2D eigenvalue weighted by Gasteiger charge is 2.26. The molecule has 6 nitrogen and oxygen atoms in total. The lowest BCUT2D eigenvalue weighted by Crippen LogP contribution is -2.49. The van der Waals surface area contributed by atoms with Crippen molar-refractivity contribution in [2.45, 2.75) is 19.5 Å². The number of rotatable bonds is 6. The number of hydrogen-bond donors (Lipinski definition) is 0. The third-order valence-electron chi connectivity index (χ3n) is 6.41. The topological polar surface area (TPSA) is 45.2 Å². The van der Waals surface area contributed by atoms with E-state index in [-0.39, 0.29) is 5.91 Å². The van der Waals surface area contributed by atoms with Gasteiger partial charge in [0, 0.05) is 57.4 Å². The van der Waals surface area contributed by atoms with Gasteiger partial charge in [-0.3, -0.25) is 14.6 Å². The molecule has 0 saturated carbocycles. The van der Waals surface area contributed by atoms with Crippen LogP contribution in [0.4, 0.5) is 0 Å². The summed E-state index contributed by atoms with van der Waals surface area (Å²) in [7, 11) is 1.70. The summed E-state index contributed by atoms with van der Waals surface area (Å²) in [6.45, 7) is 9.82. The molecule has 2 aromatic rings. The van der Waals surface area contributed by atoms with Gasteiger partial charge in [0.15, 0.2) is 0 Å². The van der Waals surface area contributed by atoms with Gasteiger partial charge in [-0.1, -0.05) is 24.3 Å². The van der Waals surface area contributed by atoms with Gasteiger partial charge in [0.25, 0.3) is 5.91 Å². The number of hydrogen-bond acceptors (Lipinski definition) is 5. The van der Waals surface area contributed by atoms with Crippen molar-refractivity contribution in [1.29, 1.82) is 0 Å². The highest BCUT2D eigenvalue weighted by Crippen LogP contribution is 2.25. The second kappa shape index (κ2) is 10.3. The third kappa shape index (κ3) is 5.45. The fourth-order valence-electron chi connectivity index (χ4n) is 4.43. The Morgan fingerprint density at radius 3 is 2.48 bits per heavy atom. The number of carbonyl (C=O) groups is 1. The lowest BCUT2D eigenvalue weighted by molar-refractivity contribution is 0.0341. The first kappa shape index (κ1) is 21.8. The van der Waals surface area contributed by atoms with Crippen molar-refractivity contribution in [2.24, 2.45) is 0 Å². The van der Waals surface area contributed by atoms with Gasteiger partial charge in [0.2, 0.25) is 0 Å². The van der Waals surface area contributed by atoms with Gasteiger partial charge < -0.3 is 14.4 Å². The minimum atomic E-state index is 0.137. The number of piperazine rings is 1. The van der Waals surface area contributed by atoms with E-state index in [2.05, 4.69) is 41.0 Å². The lowest BCUT2D eigenvalue weighted by Gasteiger charge is -2.38. The Bertz CT molecular complexity index is 874. The molecule has 2 aromatic carbocycles. The molecule has 0 radical (unpaired) electrons. The van der Waals surface area contributed by atoms with E-state index in [1.54, 1.807) is 7.11 Å². The highest BCUT2D eigenvalue weighted by molar-refractivity contribution is 5.94. The summed E-state index contributed by atoms with van der Waals surface area (Å²) in [5, 5.41) is 0. The number of morpholine rings is 1. The quantitative estimate of drug-likeness (QED) is 0.715. The summed E-state index contributed by atoms with van der Waals surface area (Å²) in [5.41, 5.74) is 3.23. The zero-order chi connectivity index (χ0) is 21.6. The molecular formula is C25H33N3O3. The molecule has 1 amide bonds. The molecule has 2 aliphatic rings. The zero-order valence-electron chi connectivity index (χ0n) is 18.6. The van der Waals surface area contributed by atoms with Crippen molar-refractivity contribution < 1.29 is 14.3 Å². The van der Waals surface area contributed by atoms with E-state index in [0.29, 0.717) is 6.04 Å². The molecule has 0 aliphatic carbocycles.